The molecule has 3 rings (SSSR count). The van der Waals surface area contributed by atoms with Gasteiger partial charge in [-0.3, -0.25) is 19.7 Å². The standard InChI is InChI=1S/C21H21ClN4O5/c22-18-9-6-16(12-19(18)26(29)30)21(28)24-23-13-15-4-7-17(8-5-15)31-14-20(27)25-10-2-1-3-11-25/h4-9,12-13H,1-3,10-11,14H2,(H,24,28)/b23-13-. The molecule has 1 heterocycles. The third kappa shape index (κ3) is 6.26. The number of nitro groups is 1. The molecule has 1 saturated heterocycles. The molecule has 1 aliphatic rings. The van der Waals surface area contributed by atoms with E-state index in [1.165, 1.54) is 18.3 Å². The fourth-order valence-corrected chi connectivity index (χ4v) is 3.24. The molecule has 31 heavy (non-hydrogen) atoms. The monoisotopic (exact) mass is 444 g/mol. The van der Waals surface area contributed by atoms with Gasteiger partial charge in [0, 0.05) is 24.7 Å². The number of benzene rings is 2. The summed E-state index contributed by atoms with van der Waals surface area (Å²) in [6, 6.07) is 10.6. The van der Waals surface area contributed by atoms with Gasteiger partial charge in [-0.05, 0) is 61.2 Å². The van der Waals surface area contributed by atoms with Gasteiger partial charge in [0.2, 0.25) is 0 Å². The van der Waals surface area contributed by atoms with Gasteiger partial charge in [-0.25, -0.2) is 5.43 Å². The number of likely N-dealkylation sites (tertiary alicyclic amines) is 1. The number of hydrazone groups is 1. The van der Waals surface area contributed by atoms with Crippen LogP contribution in [0, 0.1) is 10.1 Å². The Kier molecular flexibility index (Phi) is 7.55. The van der Waals surface area contributed by atoms with E-state index in [0.29, 0.717) is 11.3 Å². The van der Waals surface area contributed by atoms with Gasteiger partial charge in [0.05, 0.1) is 11.1 Å². The molecule has 10 heteroatoms. The van der Waals surface area contributed by atoms with Crippen LogP contribution in [0.15, 0.2) is 47.6 Å². The van der Waals surface area contributed by atoms with E-state index in [0.717, 1.165) is 38.4 Å². The lowest BCUT2D eigenvalue weighted by molar-refractivity contribution is -0.384. The molecule has 0 unspecified atom stereocenters. The summed E-state index contributed by atoms with van der Waals surface area (Å²) in [5, 5.41) is 14.7. The van der Waals surface area contributed by atoms with Gasteiger partial charge in [0.1, 0.15) is 10.8 Å². The van der Waals surface area contributed by atoms with Crippen molar-refractivity contribution in [2.75, 3.05) is 19.7 Å². The van der Waals surface area contributed by atoms with Crippen molar-refractivity contribution in [3.05, 3.63) is 68.7 Å². The number of halogens is 1. The molecule has 162 valence electrons. The molecule has 0 radical (unpaired) electrons. The zero-order valence-electron chi connectivity index (χ0n) is 16.6. The first-order chi connectivity index (χ1) is 14.9. The number of hydrogen-bond donors (Lipinski definition) is 1. The van der Waals surface area contributed by atoms with Crippen LogP contribution in [-0.2, 0) is 4.79 Å². The Bertz CT molecular complexity index is 988. The van der Waals surface area contributed by atoms with Gasteiger partial charge >= 0.3 is 0 Å². The number of carbonyl (C=O) groups excluding carboxylic acids is 2. The first kappa shape index (κ1) is 22.2. The number of rotatable bonds is 7. The van der Waals surface area contributed by atoms with Crippen LogP contribution < -0.4 is 10.2 Å². The lowest BCUT2D eigenvalue weighted by Crippen LogP contribution is -2.38. The maximum Gasteiger partial charge on any atom is 0.288 e. The fraction of sp³-hybridized carbons (Fsp3) is 0.286. The highest BCUT2D eigenvalue weighted by Crippen LogP contribution is 2.25. The lowest BCUT2D eigenvalue weighted by Gasteiger charge is -2.26. The highest BCUT2D eigenvalue weighted by Gasteiger charge is 2.17. The third-order valence-corrected chi connectivity index (χ3v) is 5.06. The Hall–Kier alpha value is -3.46. The molecule has 0 aromatic heterocycles. The summed E-state index contributed by atoms with van der Waals surface area (Å²) in [6.07, 6.45) is 4.65. The summed E-state index contributed by atoms with van der Waals surface area (Å²) in [5.74, 6) is -0.0669. The molecule has 2 aromatic rings. The molecule has 2 aromatic carbocycles. The quantitative estimate of drug-likeness (QED) is 0.399. The average Bonchev–Trinajstić information content (AvgIpc) is 2.79. The van der Waals surface area contributed by atoms with E-state index in [1.54, 1.807) is 24.3 Å². The van der Waals surface area contributed by atoms with E-state index < -0.39 is 10.8 Å². The molecular weight excluding hydrogens is 424 g/mol. The van der Waals surface area contributed by atoms with Crippen molar-refractivity contribution in [2.45, 2.75) is 19.3 Å². The molecule has 0 saturated carbocycles. The Morgan fingerprint density at radius 1 is 1.16 bits per heavy atom. The number of amides is 2. The first-order valence-electron chi connectivity index (χ1n) is 9.72. The molecular formula is C21H21ClN4O5. The van der Waals surface area contributed by atoms with Crippen LogP contribution in [0.1, 0.15) is 35.2 Å². The van der Waals surface area contributed by atoms with Crippen LogP contribution in [0.3, 0.4) is 0 Å². The molecule has 1 aliphatic heterocycles. The van der Waals surface area contributed by atoms with Crippen LogP contribution in [0.5, 0.6) is 5.75 Å². The molecule has 0 spiro atoms. The van der Waals surface area contributed by atoms with Crippen LogP contribution in [0.2, 0.25) is 5.02 Å². The highest BCUT2D eigenvalue weighted by atomic mass is 35.5. The van der Waals surface area contributed by atoms with E-state index in [1.807, 2.05) is 4.90 Å². The third-order valence-electron chi connectivity index (χ3n) is 4.74. The van der Waals surface area contributed by atoms with Gasteiger partial charge in [0.25, 0.3) is 17.5 Å². The van der Waals surface area contributed by atoms with Crippen LogP contribution in [0.4, 0.5) is 5.69 Å². The summed E-state index contributed by atoms with van der Waals surface area (Å²) in [5.41, 5.74) is 2.71. The topological polar surface area (TPSA) is 114 Å². The minimum absolute atomic E-state index is 0.00325. The van der Waals surface area contributed by atoms with Crippen LogP contribution in [-0.4, -0.2) is 47.5 Å². The average molecular weight is 445 g/mol. The van der Waals surface area contributed by atoms with Gasteiger partial charge in [-0.2, -0.15) is 5.10 Å². The maximum absolute atomic E-state index is 12.1. The predicted molar refractivity (Wildman–Crippen MR) is 116 cm³/mol. The van der Waals surface area contributed by atoms with E-state index >= 15 is 0 Å². The van der Waals surface area contributed by atoms with Crippen molar-refractivity contribution < 1.29 is 19.2 Å². The fourth-order valence-electron chi connectivity index (χ4n) is 3.05. The summed E-state index contributed by atoms with van der Waals surface area (Å²) < 4.78 is 5.55. The smallest absolute Gasteiger partial charge is 0.288 e. The summed E-state index contributed by atoms with van der Waals surface area (Å²) in [4.78, 5) is 36.3. The molecule has 1 N–H and O–H groups in total. The number of hydrogen-bond acceptors (Lipinski definition) is 6. The van der Waals surface area contributed by atoms with Crippen molar-refractivity contribution in [3.63, 3.8) is 0 Å². The second-order valence-electron chi connectivity index (χ2n) is 6.92. The number of nitro benzene ring substituents is 1. The normalized spacial score (nSPS) is 13.8. The molecule has 2 amide bonds. The second-order valence-corrected chi connectivity index (χ2v) is 7.33. The van der Waals surface area contributed by atoms with Gasteiger partial charge in [-0.1, -0.05) is 11.6 Å². The van der Waals surface area contributed by atoms with Crippen molar-refractivity contribution >= 4 is 35.3 Å². The molecule has 0 atom stereocenters. The second kappa shape index (κ2) is 10.5. The number of nitrogens with one attached hydrogen (secondary N) is 1. The maximum atomic E-state index is 12.1. The van der Waals surface area contributed by atoms with Crippen LogP contribution in [0.25, 0.3) is 0 Å². The Morgan fingerprint density at radius 3 is 2.55 bits per heavy atom. The van der Waals surface area contributed by atoms with Crippen LogP contribution >= 0.6 is 11.6 Å². The number of piperidine rings is 1. The minimum Gasteiger partial charge on any atom is -0.484 e. The highest BCUT2D eigenvalue weighted by molar-refractivity contribution is 6.32. The van der Waals surface area contributed by atoms with Crippen molar-refractivity contribution in [2.24, 2.45) is 5.10 Å². The Morgan fingerprint density at radius 2 is 1.87 bits per heavy atom. The zero-order valence-corrected chi connectivity index (χ0v) is 17.4. The molecule has 1 fully saturated rings. The Labute approximate surface area is 183 Å². The van der Waals surface area contributed by atoms with E-state index in [4.69, 9.17) is 16.3 Å². The summed E-state index contributed by atoms with van der Waals surface area (Å²) in [7, 11) is 0. The number of carbonyl (C=O) groups is 2. The minimum atomic E-state index is -0.661. The molecule has 0 bridgehead atoms. The van der Waals surface area contributed by atoms with Crippen molar-refractivity contribution in [1.82, 2.24) is 10.3 Å². The predicted octanol–water partition coefficient (Wildman–Crippen LogP) is 3.40. The van der Waals surface area contributed by atoms with E-state index in [-0.39, 0.29) is 28.8 Å². The summed E-state index contributed by atoms with van der Waals surface area (Å²) >= 11 is 5.74. The number of ether oxygens (including phenoxy) is 1. The van der Waals surface area contributed by atoms with Gasteiger partial charge < -0.3 is 9.64 Å². The first-order valence-corrected chi connectivity index (χ1v) is 10.1. The summed E-state index contributed by atoms with van der Waals surface area (Å²) in [6.45, 7) is 1.57. The lowest BCUT2D eigenvalue weighted by atomic mass is 10.1. The molecule has 9 nitrogen and oxygen atoms in total. The molecule has 0 aliphatic carbocycles. The van der Waals surface area contributed by atoms with Crippen molar-refractivity contribution in [1.29, 1.82) is 0 Å². The Balaban J connectivity index is 1.50. The SMILES string of the molecule is O=C(N/N=C\c1ccc(OCC(=O)N2CCCCC2)cc1)c1ccc(Cl)c([N+](=O)[O-])c1. The van der Waals surface area contributed by atoms with E-state index in [2.05, 4.69) is 10.5 Å². The van der Waals surface area contributed by atoms with Gasteiger partial charge in [-0.15, -0.1) is 0 Å². The largest absolute Gasteiger partial charge is 0.484 e. The van der Waals surface area contributed by atoms with Crippen molar-refractivity contribution in [3.8, 4) is 5.75 Å². The van der Waals surface area contributed by atoms with Gasteiger partial charge in [0.15, 0.2) is 6.61 Å². The van der Waals surface area contributed by atoms with E-state index in [9.17, 15) is 19.7 Å². The zero-order chi connectivity index (χ0) is 22.2. The number of nitrogens with zero attached hydrogens (tertiary/aromatic N) is 3.